The third-order valence-corrected chi connectivity index (χ3v) is 2.82. The zero-order valence-electron chi connectivity index (χ0n) is 13.0. The van der Waals surface area contributed by atoms with Crippen LogP contribution in [0.3, 0.4) is 0 Å². The molecule has 0 aliphatic heterocycles. The molecule has 0 aromatic heterocycles. The summed E-state index contributed by atoms with van der Waals surface area (Å²) >= 11 is 0. The Bertz CT molecular complexity index is 517. The van der Waals surface area contributed by atoms with Gasteiger partial charge in [0.05, 0.1) is 12.7 Å². The molecule has 0 spiro atoms. The monoisotopic (exact) mass is 293 g/mol. The maximum Gasteiger partial charge on any atom is 0.328 e. The third-order valence-electron chi connectivity index (χ3n) is 2.82. The normalized spacial score (nSPS) is 12.1. The predicted molar refractivity (Wildman–Crippen MR) is 82.3 cm³/mol. The minimum Gasteiger partial charge on any atom is -0.496 e. The second-order valence-electron chi connectivity index (χ2n) is 5.73. The SMILES string of the molecule is COc1ccc(C=CC(=O)O)cc1CN(C)CC(C)(C)O. The van der Waals surface area contributed by atoms with Gasteiger partial charge in [0.2, 0.25) is 0 Å². The number of likely N-dealkylation sites (N-methyl/N-ethyl adjacent to an activating group) is 1. The highest BCUT2D eigenvalue weighted by Crippen LogP contribution is 2.22. The summed E-state index contributed by atoms with van der Waals surface area (Å²) in [6.45, 7) is 4.63. The first-order valence-electron chi connectivity index (χ1n) is 6.70. The summed E-state index contributed by atoms with van der Waals surface area (Å²) in [6, 6.07) is 5.51. The van der Waals surface area contributed by atoms with Gasteiger partial charge in [0.1, 0.15) is 5.75 Å². The van der Waals surface area contributed by atoms with Crippen LogP contribution < -0.4 is 4.74 Å². The molecule has 116 valence electrons. The molecule has 0 amide bonds. The molecule has 5 nitrogen and oxygen atoms in total. The molecular formula is C16H23NO4. The first kappa shape index (κ1) is 17.2. The van der Waals surface area contributed by atoms with Gasteiger partial charge in [-0.2, -0.15) is 0 Å². The summed E-state index contributed by atoms with van der Waals surface area (Å²) < 4.78 is 5.33. The van der Waals surface area contributed by atoms with Crippen molar-refractivity contribution < 1.29 is 19.7 Å². The molecule has 0 radical (unpaired) electrons. The van der Waals surface area contributed by atoms with Gasteiger partial charge in [0.15, 0.2) is 0 Å². The quantitative estimate of drug-likeness (QED) is 0.752. The fourth-order valence-electron chi connectivity index (χ4n) is 2.20. The van der Waals surface area contributed by atoms with Gasteiger partial charge < -0.3 is 14.9 Å². The zero-order chi connectivity index (χ0) is 16.0. The van der Waals surface area contributed by atoms with Crippen molar-refractivity contribution in [1.82, 2.24) is 4.90 Å². The van der Waals surface area contributed by atoms with Gasteiger partial charge in [0.25, 0.3) is 0 Å². The second-order valence-corrected chi connectivity index (χ2v) is 5.73. The van der Waals surface area contributed by atoms with Crippen molar-refractivity contribution >= 4 is 12.0 Å². The van der Waals surface area contributed by atoms with E-state index in [1.807, 2.05) is 24.1 Å². The number of carboxylic acids is 1. The Morgan fingerprint density at radius 1 is 1.43 bits per heavy atom. The predicted octanol–water partition coefficient (Wildman–Crippen LogP) is 2.00. The Hall–Kier alpha value is -1.85. The van der Waals surface area contributed by atoms with Crippen molar-refractivity contribution in [3.05, 3.63) is 35.4 Å². The molecule has 0 aliphatic carbocycles. The van der Waals surface area contributed by atoms with Crippen LogP contribution in [-0.4, -0.2) is 47.4 Å². The van der Waals surface area contributed by atoms with Gasteiger partial charge in [0, 0.05) is 24.7 Å². The van der Waals surface area contributed by atoms with Crippen LogP contribution in [0.2, 0.25) is 0 Å². The van der Waals surface area contributed by atoms with Crippen molar-refractivity contribution in [2.24, 2.45) is 0 Å². The molecule has 0 aliphatic rings. The minimum absolute atomic E-state index is 0.519. The number of hydrogen-bond acceptors (Lipinski definition) is 4. The number of nitrogens with zero attached hydrogens (tertiary/aromatic N) is 1. The van der Waals surface area contributed by atoms with Crippen LogP contribution >= 0.6 is 0 Å². The number of rotatable bonds is 7. The molecular weight excluding hydrogens is 270 g/mol. The summed E-state index contributed by atoms with van der Waals surface area (Å²) in [5.41, 5.74) is 0.963. The maximum atomic E-state index is 10.6. The van der Waals surface area contributed by atoms with Gasteiger partial charge in [-0.05, 0) is 44.7 Å². The number of aliphatic carboxylic acids is 1. The van der Waals surface area contributed by atoms with E-state index in [0.717, 1.165) is 23.0 Å². The fourth-order valence-corrected chi connectivity index (χ4v) is 2.20. The van der Waals surface area contributed by atoms with E-state index >= 15 is 0 Å². The van der Waals surface area contributed by atoms with E-state index in [4.69, 9.17) is 9.84 Å². The Labute approximate surface area is 125 Å². The Morgan fingerprint density at radius 2 is 2.10 bits per heavy atom. The van der Waals surface area contributed by atoms with Crippen LogP contribution in [0.5, 0.6) is 5.75 Å². The summed E-state index contributed by atoms with van der Waals surface area (Å²) in [6.07, 6.45) is 2.65. The molecule has 0 saturated heterocycles. The van der Waals surface area contributed by atoms with Crippen LogP contribution in [0.15, 0.2) is 24.3 Å². The summed E-state index contributed by atoms with van der Waals surface area (Å²) in [5.74, 6) is -0.239. The molecule has 1 aromatic carbocycles. The average Bonchev–Trinajstić information content (AvgIpc) is 2.34. The molecule has 21 heavy (non-hydrogen) atoms. The van der Waals surface area contributed by atoms with Crippen LogP contribution in [0.25, 0.3) is 6.08 Å². The lowest BCUT2D eigenvalue weighted by Crippen LogP contribution is -2.35. The highest BCUT2D eigenvalue weighted by molar-refractivity contribution is 5.85. The highest BCUT2D eigenvalue weighted by atomic mass is 16.5. The summed E-state index contributed by atoms with van der Waals surface area (Å²) in [7, 11) is 3.51. The van der Waals surface area contributed by atoms with E-state index in [-0.39, 0.29) is 0 Å². The molecule has 0 saturated carbocycles. The summed E-state index contributed by atoms with van der Waals surface area (Å²) in [4.78, 5) is 12.6. The van der Waals surface area contributed by atoms with Gasteiger partial charge in [-0.3, -0.25) is 4.90 Å². The molecule has 2 N–H and O–H groups in total. The molecule has 5 heteroatoms. The molecule has 0 bridgehead atoms. The highest BCUT2D eigenvalue weighted by Gasteiger charge is 2.16. The molecule has 0 heterocycles. The summed E-state index contributed by atoms with van der Waals surface area (Å²) in [5, 5.41) is 18.5. The number of aliphatic hydroxyl groups is 1. The number of carboxylic acid groups (broad SMARTS) is 1. The first-order chi connectivity index (χ1) is 9.71. The van der Waals surface area contributed by atoms with E-state index in [2.05, 4.69) is 0 Å². The molecule has 1 aromatic rings. The van der Waals surface area contributed by atoms with Gasteiger partial charge in [-0.1, -0.05) is 6.07 Å². The van der Waals surface area contributed by atoms with Crippen molar-refractivity contribution in [2.75, 3.05) is 20.7 Å². The van der Waals surface area contributed by atoms with Crippen molar-refractivity contribution in [3.63, 3.8) is 0 Å². The number of methoxy groups -OCH3 is 1. The van der Waals surface area contributed by atoms with E-state index in [1.54, 1.807) is 33.1 Å². The van der Waals surface area contributed by atoms with Crippen LogP contribution in [0.4, 0.5) is 0 Å². The Morgan fingerprint density at radius 3 is 2.62 bits per heavy atom. The van der Waals surface area contributed by atoms with E-state index in [1.165, 1.54) is 0 Å². The maximum absolute atomic E-state index is 10.6. The van der Waals surface area contributed by atoms with Crippen LogP contribution in [-0.2, 0) is 11.3 Å². The average molecular weight is 293 g/mol. The fraction of sp³-hybridized carbons (Fsp3) is 0.438. The first-order valence-corrected chi connectivity index (χ1v) is 6.70. The van der Waals surface area contributed by atoms with E-state index in [9.17, 15) is 9.90 Å². The van der Waals surface area contributed by atoms with Crippen molar-refractivity contribution in [2.45, 2.75) is 26.0 Å². The standard InChI is InChI=1S/C16H23NO4/c1-16(2,20)11-17(3)10-13-9-12(6-8-15(18)19)5-7-14(13)21-4/h5-9,20H,10-11H2,1-4H3,(H,18,19). The lowest BCUT2D eigenvalue weighted by atomic mass is 10.1. The van der Waals surface area contributed by atoms with E-state index in [0.29, 0.717) is 13.1 Å². The lowest BCUT2D eigenvalue weighted by Gasteiger charge is -2.26. The molecule has 0 unspecified atom stereocenters. The Balaban J connectivity index is 2.92. The van der Waals surface area contributed by atoms with Crippen molar-refractivity contribution in [3.8, 4) is 5.75 Å². The van der Waals surface area contributed by atoms with E-state index < -0.39 is 11.6 Å². The molecule has 0 fully saturated rings. The number of hydrogen-bond donors (Lipinski definition) is 2. The largest absolute Gasteiger partial charge is 0.496 e. The smallest absolute Gasteiger partial charge is 0.328 e. The lowest BCUT2D eigenvalue weighted by molar-refractivity contribution is -0.131. The topological polar surface area (TPSA) is 70.0 Å². The van der Waals surface area contributed by atoms with Gasteiger partial charge >= 0.3 is 5.97 Å². The third kappa shape index (κ3) is 6.42. The van der Waals surface area contributed by atoms with Crippen LogP contribution in [0, 0.1) is 0 Å². The number of benzene rings is 1. The number of ether oxygens (including phenoxy) is 1. The van der Waals surface area contributed by atoms with Crippen molar-refractivity contribution in [1.29, 1.82) is 0 Å². The molecule has 1 rings (SSSR count). The molecule has 0 atom stereocenters. The van der Waals surface area contributed by atoms with Crippen LogP contribution in [0.1, 0.15) is 25.0 Å². The second kappa shape index (κ2) is 7.24. The van der Waals surface area contributed by atoms with Gasteiger partial charge in [-0.15, -0.1) is 0 Å². The zero-order valence-corrected chi connectivity index (χ0v) is 13.0. The Kier molecular flexibility index (Phi) is 5.93. The minimum atomic E-state index is -0.980. The van der Waals surface area contributed by atoms with Gasteiger partial charge in [-0.25, -0.2) is 4.79 Å². The number of carbonyl (C=O) groups is 1.